The fraction of sp³-hybridized carbons (Fsp3) is 0.419. The van der Waals surface area contributed by atoms with Gasteiger partial charge in [0.05, 0.1) is 32.1 Å². The van der Waals surface area contributed by atoms with Crippen LogP contribution in [0.1, 0.15) is 45.4 Å². The van der Waals surface area contributed by atoms with Crippen LogP contribution in [0.5, 0.6) is 0 Å². The largest absolute Gasteiger partial charge is 1.00 e. The average Bonchev–Trinajstić information content (AvgIpc) is 2.93. The van der Waals surface area contributed by atoms with Crippen molar-refractivity contribution in [2.24, 2.45) is 0 Å². The first-order chi connectivity index (χ1) is 17.3. The molecular formula is C31H40BrO3P. The number of ether oxygens (including phenoxy) is 3. The summed E-state index contributed by atoms with van der Waals surface area (Å²) in [4.78, 5) is 0. The molecule has 1 heterocycles. The molecule has 0 bridgehead atoms. The Morgan fingerprint density at radius 2 is 1.31 bits per heavy atom. The van der Waals surface area contributed by atoms with Crippen molar-refractivity contribution in [3.8, 4) is 0 Å². The highest BCUT2D eigenvalue weighted by Crippen LogP contribution is 2.56. The molecule has 2 unspecified atom stereocenters. The van der Waals surface area contributed by atoms with Crippen molar-refractivity contribution >= 4 is 23.2 Å². The number of hydrogen-bond acceptors (Lipinski definition) is 3. The Balaban J connectivity index is 0.00000361. The molecule has 0 amide bonds. The second-order valence-corrected chi connectivity index (χ2v) is 12.9. The summed E-state index contributed by atoms with van der Waals surface area (Å²) in [5.41, 5.74) is 0. The Hall–Kier alpha value is -1.55. The molecule has 3 nitrogen and oxygen atoms in total. The first-order valence-corrected chi connectivity index (χ1v) is 15.2. The van der Waals surface area contributed by atoms with E-state index in [0.29, 0.717) is 19.8 Å². The van der Waals surface area contributed by atoms with Crippen LogP contribution in [0, 0.1) is 0 Å². The van der Waals surface area contributed by atoms with Crippen LogP contribution < -0.4 is 32.9 Å². The Morgan fingerprint density at radius 3 is 1.78 bits per heavy atom. The Bertz CT molecular complexity index is 868. The third kappa shape index (κ3) is 7.73. The summed E-state index contributed by atoms with van der Waals surface area (Å²) in [5.74, 6) is 0. The second kappa shape index (κ2) is 15.6. The number of rotatable bonds is 13. The van der Waals surface area contributed by atoms with Crippen LogP contribution in [0.3, 0.4) is 0 Å². The van der Waals surface area contributed by atoms with Gasteiger partial charge >= 0.3 is 0 Å². The topological polar surface area (TPSA) is 27.7 Å². The highest BCUT2D eigenvalue weighted by Gasteiger charge is 2.44. The lowest BCUT2D eigenvalue weighted by Gasteiger charge is -2.28. The van der Waals surface area contributed by atoms with Gasteiger partial charge in [0.25, 0.3) is 0 Å². The molecule has 3 aromatic rings. The zero-order chi connectivity index (χ0) is 24.2. The van der Waals surface area contributed by atoms with Gasteiger partial charge in [-0.1, -0.05) is 74.4 Å². The first-order valence-electron chi connectivity index (χ1n) is 13.2. The fourth-order valence-corrected chi connectivity index (χ4v) is 9.55. The lowest BCUT2D eigenvalue weighted by atomic mass is 10.1. The quantitative estimate of drug-likeness (QED) is 0.233. The van der Waals surface area contributed by atoms with Crippen molar-refractivity contribution in [2.45, 2.75) is 57.8 Å². The van der Waals surface area contributed by atoms with Gasteiger partial charge in [-0.25, -0.2) is 0 Å². The Kier molecular flexibility index (Phi) is 12.6. The van der Waals surface area contributed by atoms with Crippen LogP contribution >= 0.6 is 7.26 Å². The third-order valence-corrected chi connectivity index (χ3v) is 11.4. The summed E-state index contributed by atoms with van der Waals surface area (Å²) in [5, 5.41) is 4.41. The molecular weight excluding hydrogens is 531 g/mol. The molecule has 1 saturated heterocycles. The smallest absolute Gasteiger partial charge is 0.181 e. The van der Waals surface area contributed by atoms with E-state index in [1.807, 2.05) is 0 Å². The molecule has 0 spiro atoms. The zero-order valence-electron chi connectivity index (χ0n) is 21.4. The molecule has 2 atom stereocenters. The SMILES string of the molecule is CCCC(CCCCC[P+](c1ccccc1)(c1ccccc1)c1ccccc1)OC1COCCO1.[Br-]. The van der Waals surface area contributed by atoms with Crippen LogP contribution in [-0.2, 0) is 14.2 Å². The van der Waals surface area contributed by atoms with Crippen LogP contribution in [-0.4, -0.2) is 38.4 Å². The van der Waals surface area contributed by atoms with E-state index in [1.165, 1.54) is 41.3 Å². The van der Waals surface area contributed by atoms with Crippen LogP contribution in [0.25, 0.3) is 0 Å². The highest BCUT2D eigenvalue weighted by molar-refractivity contribution is 7.95. The van der Waals surface area contributed by atoms with E-state index in [1.54, 1.807) is 0 Å². The molecule has 1 aliphatic rings. The summed E-state index contributed by atoms with van der Waals surface area (Å²) in [7, 11) is -1.73. The van der Waals surface area contributed by atoms with E-state index in [0.717, 1.165) is 19.3 Å². The van der Waals surface area contributed by atoms with E-state index < -0.39 is 7.26 Å². The normalized spacial score (nSPS) is 16.8. The van der Waals surface area contributed by atoms with Crippen molar-refractivity contribution in [3.05, 3.63) is 91.0 Å². The van der Waals surface area contributed by atoms with Crippen molar-refractivity contribution in [1.82, 2.24) is 0 Å². The van der Waals surface area contributed by atoms with Crippen molar-refractivity contribution in [1.29, 1.82) is 0 Å². The van der Waals surface area contributed by atoms with E-state index in [2.05, 4.69) is 97.9 Å². The standard InChI is InChI=1S/C31H40O3P.BrH/c1-2-15-27(34-31-26-32-23-24-33-31)16-7-6-14-25-35(28-17-8-3-9-18-28,29-19-10-4-11-20-29)30-21-12-5-13-22-30;/h3-5,8-13,17-22,27,31H,2,6-7,14-16,23-26H2,1H3;1H/q+1;/p-1. The van der Waals surface area contributed by atoms with Crippen molar-refractivity contribution < 1.29 is 31.2 Å². The highest BCUT2D eigenvalue weighted by atomic mass is 79.9. The minimum atomic E-state index is -1.73. The minimum Gasteiger partial charge on any atom is -1.00 e. The van der Waals surface area contributed by atoms with Crippen LogP contribution in [0.15, 0.2) is 91.0 Å². The Morgan fingerprint density at radius 1 is 0.750 bits per heavy atom. The van der Waals surface area contributed by atoms with Gasteiger partial charge in [0.2, 0.25) is 0 Å². The molecule has 5 heteroatoms. The van der Waals surface area contributed by atoms with Gasteiger partial charge in [0.15, 0.2) is 6.29 Å². The zero-order valence-corrected chi connectivity index (χ0v) is 23.9. The molecule has 194 valence electrons. The number of unbranched alkanes of at least 4 members (excludes halogenated alkanes) is 2. The van der Waals surface area contributed by atoms with E-state index in [4.69, 9.17) is 14.2 Å². The lowest BCUT2D eigenvalue weighted by Crippen LogP contribution is -3.00. The van der Waals surface area contributed by atoms with Crippen molar-refractivity contribution in [3.63, 3.8) is 0 Å². The van der Waals surface area contributed by atoms with Gasteiger partial charge in [-0.15, -0.1) is 0 Å². The van der Waals surface area contributed by atoms with Crippen LogP contribution in [0.4, 0.5) is 0 Å². The Labute approximate surface area is 228 Å². The van der Waals surface area contributed by atoms with E-state index >= 15 is 0 Å². The second-order valence-electron chi connectivity index (χ2n) is 9.31. The third-order valence-electron chi connectivity index (χ3n) is 6.85. The molecule has 0 N–H and O–H groups in total. The van der Waals surface area contributed by atoms with E-state index in [9.17, 15) is 0 Å². The molecule has 3 aromatic carbocycles. The molecule has 1 fully saturated rings. The predicted octanol–water partition coefficient (Wildman–Crippen LogP) is 3.10. The van der Waals surface area contributed by atoms with Gasteiger partial charge in [0.1, 0.15) is 23.2 Å². The molecule has 36 heavy (non-hydrogen) atoms. The molecule has 1 aliphatic heterocycles. The van der Waals surface area contributed by atoms with Crippen LogP contribution in [0.2, 0.25) is 0 Å². The molecule has 0 aliphatic carbocycles. The van der Waals surface area contributed by atoms with E-state index in [-0.39, 0.29) is 29.4 Å². The first kappa shape index (κ1) is 29.0. The fourth-order valence-electron chi connectivity index (χ4n) is 5.14. The van der Waals surface area contributed by atoms with Gasteiger partial charge in [0, 0.05) is 0 Å². The molecule has 0 aromatic heterocycles. The minimum absolute atomic E-state index is 0. The maximum atomic E-state index is 6.25. The maximum Gasteiger partial charge on any atom is 0.181 e. The lowest BCUT2D eigenvalue weighted by molar-refractivity contribution is -0.231. The summed E-state index contributed by atoms with van der Waals surface area (Å²) in [6.45, 7) is 4.09. The number of hydrogen-bond donors (Lipinski definition) is 0. The van der Waals surface area contributed by atoms with Gasteiger partial charge in [-0.3, -0.25) is 0 Å². The van der Waals surface area contributed by atoms with Crippen molar-refractivity contribution in [2.75, 3.05) is 26.0 Å². The summed E-state index contributed by atoms with van der Waals surface area (Å²) >= 11 is 0. The number of halogens is 1. The van der Waals surface area contributed by atoms with Gasteiger partial charge in [-0.05, 0) is 62.1 Å². The number of benzene rings is 3. The monoisotopic (exact) mass is 570 g/mol. The summed E-state index contributed by atoms with van der Waals surface area (Å²) < 4.78 is 17.5. The predicted molar refractivity (Wildman–Crippen MR) is 149 cm³/mol. The van der Waals surface area contributed by atoms with Gasteiger partial charge in [-0.2, -0.15) is 0 Å². The molecule has 4 rings (SSSR count). The summed E-state index contributed by atoms with van der Waals surface area (Å²) in [6.07, 6.45) is 8.12. The van der Waals surface area contributed by atoms with Gasteiger partial charge < -0.3 is 31.2 Å². The maximum absolute atomic E-state index is 6.25. The average molecular weight is 572 g/mol. The molecule has 0 saturated carbocycles. The molecule has 0 radical (unpaired) electrons. The summed E-state index contributed by atoms with van der Waals surface area (Å²) in [6, 6.07) is 33.6.